The third kappa shape index (κ3) is 3.75. The molecule has 0 aliphatic rings. The van der Waals surface area contributed by atoms with Gasteiger partial charge in [-0.1, -0.05) is 26.0 Å². The number of H-pyrrole nitrogens is 1. The van der Waals surface area contributed by atoms with E-state index in [1.165, 1.54) is 0 Å². The Balaban J connectivity index is 2.02. The number of nitrogens with one attached hydrogen (secondary N) is 2. The zero-order valence-corrected chi connectivity index (χ0v) is 14.3. The molecule has 1 aromatic carbocycles. The topological polar surface area (TPSA) is 74.8 Å². The molecule has 0 spiro atoms. The zero-order chi connectivity index (χ0) is 16.3. The number of hydrogen-bond acceptors (Lipinski definition) is 3. The van der Waals surface area contributed by atoms with E-state index in [4.69, 9.17) is 0 Å². The summed E-state index contributed by atoms with van der Waals surface area (Å²) in [6.07, 6.45) is 0.622. The second-order valence-corrected chi connectivity index (χ2v) is 7.55. The second-order valence-electron chi connectivity index (χ2n) is 5.78. The van der Waals surface area contributed by atoms with Gasteiger partial charge in [-0.25, -0.2) is 13.1 Å². The summed E-state index contributed by atoms with van der Waals surface area (Å²) in [6.45, 7) is 8.37. The van der Waals surface area contributed by atoms with Crippen molar-refractivity contribution in [2.75, 3.05) is 6.54 Å². The Kier molecular flexibility index (Phi) is 5.03. The fourth-order valence-electron chi connectivity index (χ4n) is 2.37. The van der Waals surface area contributed by atoms with E-state index in [0.717, 1.165) is 22.5 Å². The maximum Gasteiger partial charge on any atom is 0.240 e. The fourth-order valence-corrected chi connectivity index (χ4v) is 3.40. The molecule has 22 heavy (non-hydrogen) atoms. The second kappa shape index (κ2) is 6.62. The van der Waals surface area contributed by atoms with Gasteiger partial charge in [0.2, 0.25) is 10.0 Å². The summed E-state index contributed by atoms with van der Waals surface area (Å²) in [5.74, 6) is 0.386. The maximum absolute atomic E-state index is 12.3. The van der Waals surface area contributed by atoms with Gasteiger partial charge in [0, 0.05) is 12.2 Å². The van der Waals surface area contributed by atoms with Gasteiger partial charge in [-0.15, -0.1) is 0 Å². The van der Waals surface area contributed by atoms with Crippen molar-refractivity contribution in [2.24, 2.45) is 0 Å². The van der Waals surface area contributed by atoms with E-state index in [1.807, 2.05) is 26.0 Å². The van der Waals surface area contributed by atoms with Gasteiger partial charge in [-0.3, -0.25) is 5.10 Å². The number of sulfonamides is 1. The standard InChI is InChI=1S/C16H23N3O2S/c1-11(2)14-5-7-15(8-6-14)22(20,21)17-10-9-16-12(3)18-19-13(16)4/h5-8,11,17H,9-10H2,1-4H3,(H,18,19). The van der Waals surface area contributed by atoms with Crippen LogP contribution in [0.15, 0.2) is 29.2 Å². The monoisotopic (exact) mass is 321 g/mol. The number of nitrogens with zero attached hydrogens (tertiary/aromatic N) is 1. The highest BCUT2D eigenvalue weighted by molar-refractivity contribution is 7.89. The molecule has 6 heteroatoms. The Hall–Kier alpha value is -1.66. The van der Waals surface area contributed by atoms with Crippen molar-refractivity contribution < 1.29 is 8.42 Å². The predicted octanol–water partition coefficient (Wildman–Crippen LogP) is 2.67. The van der Waals surface area contributed by atoms with Crippen molar-refractivity contribution in [3.8, 4) is 0 Å². The van der Waals surface area contributed by atoms with E-state index in [0.29, 0.717) is 23.8 Å². The molecule has 0 amide bonds. The van der Waals surface area contributed by atoms with Crippen LogP contribution in [-0.4, -0.2) is 25.2 Å². The molecular formula is C16H23N3O2S. The number of benzene rings is 1. The molecule has 0 saturated carbocycles. The van der Waals surface area contributed by atoms with Crippen LogP contribution in [0.4, 0.5) is 0 Å². The molecule has 2 N–H and O–H groups in total. The summed E-state index contributed by atoms with van der Waals surface area (Å²) in [7, 11) is -3.46. The van der Waals surface area contributed by atoms with Crippen molar-refractivity contribution in [1.29, 1.82) is 0 Å². The average molecular weight is 321 g/mol. The van der Waals surface area contributed by atoms with Gasteiger partial charge in [0.25, 0.3) is 0 Å². The molecule has 0 bridgehead atoms. The first-order valence-electron chi connectivity index (χ1n) is 7.41. The largest absolute Gasteiger partial charge is 0.282 e. The molecule has 1 aromatic heterocycles. The Bertz CT molecular complexity index is 712. The number of hydrogen-bond donors (Lipinski definition) is 2. The minimum absolute atomic E-state index is 0.303. The van der Waals surface area contributed by atoms with Crippen molar-refractivity contribution >= 4 is 10.0 Å². The van der Waals surface area contributed by atoms with Gasteiger partial charge in [0.05, 0.1) is 10.6 Å². The van der Waals surface area contributed by atoms with E-state index in [2.05, 4.69) is 28.8 Å². The predicted molar refractivity (Wildman–Crippen MR) is 87.5 cm³/mol. The summed E-state index contributed by atoms with van der Waals surface area (Å²) in [5.41, 5.74) is 4.09. The van der Waals surface area contributed by atoms with Crippen molar-refractivity contribution in [2.45, 2.75) is 44.9 Å². The molecule has 1 heterocycles. The molecule has 0 saturated heterocycles. The summed E-state index contributed by atoms with van der Waals surface area (Å²) in [4.78, 5) is 0.303. The Morgan fingerprint density at radius 2 is 1.82 bits per heavy atom. The first-order chi connectivity index (χ1) is 10.3. The van der Waals surface area contributed by atoms with Crippen LogP contribution in [-0.2, 0) is 16.4 Å². The Labute approximate surface area is 132 Å². The molecular weight excluding hydrogens is 298 g/mol. The lowest BCUT2D eigenvalue weighted by atomic mass is 10.0. The van der Waals surface area contributed by atoms with Crippen LogP contribution in [0.2, 0.25) is 0 Å². The van der Waals surface area contributed by atoms with E-state index in [-0.39, 0.29) is 0 Å². The van der Waals surface area contributed by atoms with Gasteiger partial charge < -0.3 is 0 Å². The molecule has 0 radical (unpaired) electrons. The first-order valence-corrected chi connectivity index (χ1v) is 8.89. The first kappa shape index (κ1) is 16.7. The van der Waals surface area contributed by atoms with Crippen LogP contribution in [0.1, 0.15) is 42.3 Å². The molecule has 120 valence electrons. The molecule has 0 fully saturated rings. The van der Waals surface area contributed by atoms with Gasteiger partial charge >= 0.3 is 0 Å². The summed E-state index contributed by atoms with van der Waals surface area (Å²) in [5, 5.41) is 7.02. The van der Waals surface area contributed by atoms with Crippen molar-refractivity contribution in [3.05, 3.63) is 46.8 Å². The lowest BCUT2D eigenvalue weighted by Crippen LogP contribution is -2.26. The highest BCUT2D eigenvalue weighted by Gasteiger charge is 2.14. The molecule has 0 aliphatic carbocycles. The van der Waals surface area contributed by atoms with Crippen LogP contribution in [0.3, 0.4) is 0 Å². The molecule has 0 unspecified atom stereocenters. The number of rotatable bonds is 6. The van der Waals surface area contributed by atoms with Gasteiger partial charge in [0.15, 0.2) is 0 Å². The maximum atomic E-state index is 12.3. The van der Waals surface area contributed by atoms with E-state index in [1.54, 1.807) is 12.1 Å². The minimum Gasteiger partial charge on any atom is -0.282 e. The Morgan fingerprint density at radius 3 is 2.32 bits per heavy atom. The molecule has 2 rings (SSSR count). The fraction of sp³-hybridized carbons (Fsp3) is 0.438. The van der Waals surface area contributed by atoms with Crippen molar-refractivity contribution in [3.63, 3.8) is 0 Å². The van der Waals surface area contributed by atoms with Gasteiger partial charge in [0.1, 0.15) is 0 Å². The highest BCUT2D eigenvalue weighted by atomic mass is 32.2. The molecule has 0 atom stereocenters. The van der Waals surface area contributed by atoms with Crippen LogP contribution >= 0.6 is 0 Å². The summed E-state index contributed by atoms with van der Waals surface area (Å²) < 4.78 is 27.2. The van der Waals surface area contributed by atoms with Crippen LogP contribution in [0.5, 0.6) is 0 Å². The molecule has 5 nitrogen and oxygen atoms in total. The van der Waals surface area contributed by atoms with Gasteiger partial charge in [-0.2, -0.15) is 5.10 Å². The number of aromatic nitrogens is 2. The lowest BCUT2D eigenvalue weighted by molar-refractivity contribution is 0.581. The molecule has 2 aromatic rings. The van der Waals surface area contributed by atoms with Crippen LogP contribution in [0, 0.1) is 13.8 Å². The molecule has 0 aliphatic heterocycles. The van der Waals surface area contributed by atoms with Crippen molar-refractivity contribution in [1.82, 2.24) is 14.9 Å². The van der Waals surface area contributed by atoms with Gasteiger partial charge in [-0.05, 0) is 49.4 Å². The smallest absolute Gasteiger partial charge is 0.240 e. The minimum atomic E-state index is -3.46. The number of aromatic amines is 1. The third-order valence-corrected chi connectivity index (χ3v) is 5.28. The zero-order valence-electron chi connectivity index (χ0n) is 13.5. The van der Waals surface area contributed by atoms with E-state index < -0.39 is 10.0 Å². The SMILES string of the molecule is Cc1n[nH]c(C)c1CCNS(=O)(=O)c1ccc(C(C)C)cc1. The summed E-state index contributed by atoms with van der Waals surface area (Å²) in [6, 6.07) is 7.05. The Morgan fingerprint density at radius 1 is 1.18 bits per heavy atom. The summed E-state index contributed by atoms with van der Waals surface area (Å²) >= 11 is 0. The number of aryl methyl sites for hydroxylation is 2. The van der Waals surface area contributed by atoms with E-state index in [9.17, 15) is 8.42 Å². The lowest BCUT2D eigenvalue weighted by Gasteiger charge is -2.09. The average Bonchev–Trinajstić information content (AvgIpc) is 2.79. The quantitative estimate of drug-likeness (QED) is 0.859. The third-order valence-electron chi connectivity index (χ3n) is 3.80. The normalized spacial score (nSPS) is 12.0. The highest BCUT2D eigenvalue weighted by Crippen LogP contribution is 2.17. The van der Waals surface area contributed by atoms with Crippen LogP contribution in [0.25, 0.3) is 0 Å². The van der Waals surface area contributed by atoms with E-state index >= 15 is 0 Å². The van der Waals surface area contributed by atoms with Crippen LogP contribution < -0.4 is 4.72 Å².